The molecule has 7 heteroatoms. The number of halogens is 3. The molecule has 0 bridgehead atoms. The number of benzene rings is 1. The lowest BCUT2D eigenvalue weighted by atomic mass is 10.2. The van der Waals surface area contributed by atoms with Gasteiger partial charge in [-0.3, -0.25) is 0 Å². The lowest BCUT2D eigenvalue weighted by Gasteiger charge is -2.10. The summed E-state index contributed by atoms with van der Waals surface area (Å²) in [6.45, 7) is 1.64. The van der Waals surface area contributed by atoms with Crippen molar-refractivity contribution in [1.82, 2.24) is 0 Å². The molecule has 0 saturated heterocycles. The molecule has 0 spiro atoms. The number of hydrogen-bond donors (Lipinski definition) is 1. The van der Waals surface area contributed by atoms with Crippen LogP contribution >= 0.6 is 0 Å². The molecule has 3 nitrogen and oxygen atoms in total. The Bertz CT molecular complexity index is 509. The summed E-state index contributed by atoms with van der Waals surface area (Å²) in [5.74, 6) is -0.258. The van der Waals surface area contributed by atoms with Crippen molar-refractivity contribution in [3.63, 3.8) is 0 Å². The van der Waals surface area contributed by atoms with Crippen LogP contribution in [0.3, 0.4) is 0 Å². The van der Waals surface area contributed by atoms with Crippen LogP contribution in [0.5, 0.6) is 0 Å². The van der Waals surface area contributed by atoms with Gasteiger partial charge in [0.15, 0.2) is 9.84 Å². The van der Waals surface area contributed by atoms with Gasteiger partial charge in [-0.15, -0.1) is 0 Å². The minimum Gasteiger partial charge on any atom is -0.328 e. The topological polar surface area (TPSA) is 60.2 Å². The fraction of sp³-hybridized carbons (Fsp3) is 0.455. The van der Waals surface area contributed by atoms with E-state index in [1.54, 1.807) is 6.92 Å². The molecule has 1 aromatic carbocycles. The molecule has 1 atom stereocenters. The molecule has 102 valence electrons. The van der Waals surface area contributed by atoms with Gasteiger partial charge in [0.05, 0.1) is 16.2 Å². The van der Waals surface area contributed by atoms with Gasteiger partial charge < -0.3 is 5.73 Å². The van der Waals surface area contributed by atoms with Crippen LogP contribution in [0.4, 0.5) is 13.2 Å². The lowest BCUT2D eigenvalue weighted by molar-refractivity contribution is -0.137. The Labute approximate surface area is 104 Å². The fourth-order valence-electron chi connectivity index (χ4n) is 1.32. The van der Waals surface area contributed by atoms with Crippen LogP contribution in [0.25, 0.3) is 0 Å². The van der Waals surface area contributed by atoms with Crippen molar-refractivity contribution in [2.75, 3.05) is 5.75 Å². The van der Waals surface area contributed by atoms with Crippen LogP contribution in [0.2, 0.25) is 0 Å². The standard InChI is InChI=1S/C11H14F3NO2S/c1-8(15)5-6-18(16,17)10-4-2-3-9(7-10)11(12,13)14/h2-4,7-8H,5-6,15H2,1H3. The maximum Gasteiger partial charge on any atom is 0.416 e. The van der Waals surface area contributed by atoms with E-state index in [2.05, 4.69) is 0 Å². The summed E-state index contributed by atoms with van der Waals surface area (Å²) in [5, 5.41) is 0. The van der Waals surface area contributed by atoms with Gasteiger partial charge in [0.25, 0.3) is 0 Å². The van der Waals surface area contributed by atoms with Crippen LogP contribution in [-0.2, 0) is 16.0 Å². The molecule has 0 heterocycles. The van der Waals surface area contributed by atoms with Gasteiger partial charge in [0.2, 0.25) is 0 Å². The summed E-state index contributed by atoms with van der Waals surface area (Å²) < 4.78 is 61.0. The summed E-state index contributed by atoms with van der Waals surface area (Å²) in [7, 11) is -3.72. The van der Waals surface area contributed by atoms with Gasteiger partial charge in [0, 0.05) is 6.04 Å². The number of nitrogens with two attached hydrogens (primary N) is 1. The van der Waals surface area contributed by atoms with Crippen molar-refractivity contribution >= 4 is 9.84 Å². The Morgan fingerprint density at radius 3 is 2.44 bits per heavy atom. The first-order valence-corrected chi connectivity index (χ1v) is 6.94. The van der Waals surface area contributed by atoms with Gasteiger partial charge in [-0.05, 0) is 31.5 Å². The zero-order valence-electron chi connectivity index (χ0n) is 9.74. The Morgan fingerprint density at radius 2 is 1.94 bits per heavy atom. The molecule has 0 saturated carbocycles. The lowest BCUT2D eigenvalue weighted by Crippen LogP contribution is -2.20. The molecular formula is C11H14F3NO2S. The fourth-order valence-corrected chi connectivity index (χ4v) is 2.83. The average Bonchev–Trinajstić information content (AvgIpc) is 2.26. The van der Waals surface area contributed by atoms with E-state index >= 15 is 0 Å². The molecule has 0 amide bonds. The van der Waals surface area contributed by atoms with Gasteiger partial charge in [-0.1, -0.05) is 6.07 Å². The molecule has 1 aromatic rings. The van der Waals surface area contributed by atoms with Crippen LogP contribution in [0.15, 0.2) is 29.2 Å². The van der Waals surface area contributed by atoms with Crippen molar-refractivity contribution in [3.8, 4) is 0 Å². The molecule has 0 aromatic heterocycles. The van der Waals surface area contributed by atoms with Crippen molar-refractivity contribution in [2.24, 2.45) is 5.73 Å². The Balaban J connectivity index is 3.03. The largest absolute Gasteiger partial charge is 0.416 e. The van der Waals surface area contributed by atoms with Gasteiger partial charge in [0.1, 0.15) is 0 Å². The minimum atomic E-state index is -4.55. The number of alkyl halides is 3. The van der Waals surface area contributed by atoms with Crippen LogP contribution < -0.4 is 5.73 Å². The third-order valence-electron chi connectivity index (χ3n) is 2.36. The second-order valence-electron chi connectivity index (χ2n) is 4.11. The predicted molar refractivity (Wildman–Crippen MR) is 61.8 cm³/mol. The number of sulfone groups is 1. The zero-order valence-corrected chi connectivity index (χ0v) is 10.6. The maximum atomic E-state index is 12.5. The number of rotatable bonds is 4. The normalized spacial score (nSPS) is 14.5. The average molecular weight is 281 g/mol. The number of hydrogen-bond acceptors (Lipinski definition) is 3. The monoisotopic (exact) mass is 281 g/mol. The van der Waals surface area contributed by atoms with E-state index in [-0.39, 0.29) is 23.1 Å². The van der Waals surface area contributed by atoms with E-state index in [1.807, 2.05) is 0 Å². The first-order chi connectivity index (χ1) is 8.13. The molecule has 0 aliphatic rings. The Kier molecular flexibility index (Phi) is 4.39. The van der Waals surface area contributed by atoms with E-state index in [9.17, 15) is 21.6 Å². The Morgan fingerprint density at radius 1 is 1.33 bits per heavy atom. The quantitative estimate of drug-likeness (QED) is 0.920. The molecule has 0 radical (unpaired) electrons. The van der Waals surface area contributed by atoms with Crippen molar-refractivity contribution in [3.05, 3.63) is 29.8 Å². The zero-order chi connectivity index (χ0) is 14.0. The molecule has 0 aliphatic carbocycles. The van der Waals surface area contributed by atoms with Gasteiger partial charge in [-0.2, -0.15) is 13.2 Å². The predicted octanol–water partition coefficient (Wildman–Crippen LogP) is 2.22. The summed E-state index contributed by atoms with van der Waals surface area (Å²) >= 11 is 0. The van der Waals surface area contributed by atoms with Crippen LogP contribution in [0, 0.1) is 0 Å². The third kappa shape index (κ3) is 3.99. The second kappa shape index (κ2) is 5.27. The summed E-state index contributed by atoms with van der Waals surface area (Å²) in [6, 6.07) is 3.42. The molecule has 1 rings (SSSR count). The molecule has 0 aliphatic heterocycles. The second-order valence-corrected chi connectivity index (χ2v) is 6.22. The molecule has 18 heavy (non-hydrogen) atoms. The van der Waals surface area contributed by atoms with Gasteiger partial charge >= 0.3 is 6.18 Å². The van der Waals surface area contributed by atoms with E-state index in [0.717, 1.165) is 18.2 Å². The van der Waals surface area contributed by atoms with E-state index in [1.165, 1.54) is 0 Å². The van der Waals surface area contributed by atoms with Crippen LogP contribution in [-0.4, -0.2) is 20.2 Å². The van der Waals surface area contributed by atoms with Crippen molar-refractivity contribution in [1.29, 1.82) is 0 Å². The first-order valence-electron chi connectivity index (χ1n) is 5.28. The van der Waals surface area contributed by atoms with E-state index in [0.29, 0.717) is 6.07 Å². The minimum absolute atomic E-state index is 0.207. The smallest absolute Gasteiger partial charge is 0.328 e. The SMILES string of the molecule is CC(N)CCS(=O)(=O)c1cccc(C(F)(F)F)c1. The molecule has 1 unspecified atom stereocenters. The molecular weight excluding hydrogens is 267 g/mol. The molecule has 0 fully saturated rings. The maximum absolute atomic E-state index is 12.5. The summed E-state index contributed by atoms with van der Waals surface area (Å²) in [6.07, 6.45) is -4.34. The van der Waals surface area contributed by atoms with E-state index in [4.69, 9.17) is 5.73 Å². The third-order valence-corrected chi connectivity index (χ3v) is 4.11. The van der Waals surface area contributed by atoms with Crippen molar-refractivity contribution < 1.29 is 21.6 Å². The summed E-state index contributed by atoms with van der Waals surface area (Å²) in [4.78, 5) is -0.321. The summed E-state index contributed by atoms with van der Waals surface area (Å²) in [5.41, 5.74) is 4.46. The highest BCUT2D eigenvalue weighted by atomic mass is 32.2. The highest BCUT2D eigenvalue weighted by Crippen LogP contribution is 2.30. The van der Waals surface area contributed by atoms with E-state index < -0.39 is 21.6 Å². The van der Waals surface area contributed by atoms with Crippen molar-refractivity contribution in [2.45, 2.75) is 30.5 Å². The van der Waals surface area contributed by atoms with Crippen LogP contribution in [0.1, 0.15) is 18.9 Å². The molecule has 2 N–H and O–H groups in total. The first kappa shape index (κ1) is 15.0. The highest BCUT2D eigenvalue weighted by Gasteiger charge is 2.31. The van der Waals surface area contributed by atoms with Gasteiger partial charge in [-0.25, -0.2) is 8.42 Å². The highest BCUT2D eigenvalue weighted by molar-refractivity contribution is 7.91. The Hall–Kier alpha value is -1.08.